The molecule has 3 heteroatoms. The lowest BCUT2D eigenvalue weighted by Crippen LogP contribution is -2.09. The smallest absolute Gasteiger partial charge is 0.163 e. The van der Waals surface area contributed by atoms with Crippen LogP contribution in [-0.2, 0) is 16.0 Å². The number of carbonyl (C=O) groups excluding carboxylic acids is 2. The second-order valence-corrected chi connectivity index (χ2v) is 5.57. The van der Waals surface area contributed by atoms with Gasteiger partial charge in [-0.05, 0) is 48.9 Å². The first-order valence-corrected chi connectivity index (χ1v) is 7.17. The van der Waals surface area contributed by atoms with Gasteiger partial charge in [0.15, 0.2) is 11.6 Å². The Morgan fingerprint density at radius 2 is 1.52 bits per heavy atom. The van der Waals surface area contributed by atoms with E-state index in [-0.39, 0.29) is 18.0 Å². The summed E-state index contributed by atoms with van der Waals surface area (Å²) in [5, 5.41) is 2.59. The van der Waals surface area contributed by atoms with Crippen molar-refractivity contribution in [1.29, 1.82) is 0 Å². The molecule has 21 heavy (non-hydrogen) atoms. The van der Waals surface area contributed by atoms with Gasteiger partial charge >= 0.3 is 0 Å². The highest BCUT2D eigenvalue weighted by Crippen LogP contribution is 2.27. The molecule has 108 valence electrons. The van der Waals surface area contributed by atoms with Crippen LogP contribution in [0.5, 0.6) is 0 Å². The van der Waals surface area contributed by atoms with E-state index in [1.165, 1.54) is 6.92 Å². The first-order valence-electron chi connectivity index (χ1n) is 6.79. The van der Waals surface area contributed by atoms with Crippen LogP contribution in [0.2, 0.25) is 5.02 Å². The molecule has 0 saturated heterocycles. The summed E-state index contributed by atoms with van der Waals surface area (Å²) in [5.74, 6) is -0.100. The topological polar surface area (TPSA) is 34.1 Å². The number of halogens is 1. The normalized spacial score (nSPS) is 12.2. The molecule has 0 unspecified atom stereocenters. The number of Topliss-reactive ketones (excluding diaryl/α,β-unsaturated/α-hetero) is 2. The molecular formula is C18H17ClO2. The van der Waals surface area contributed by atoms with Crippen LogP contribution in [0.4, 0.5) is 0 Å². The van der Waals surface area contributed by atoms with Gasteiger partial charge in [0.05, 0.1) is 0 Å². The van der Waals surface area contributed by atoms with Crippen LogP contribution in [0.25, 0.3) is 10.8 Å². The Morgan fingerprint density at radius 3 is 2.14 bits per heavy atom. The molecule has 0 aromatic heterocycles. The van der Waals surface area contributed by atoms with Crippen molar-refractivity contribution < 1.29 is 9.59 Å². The predicted octanol–water partition coefficient (Wildman–Crippen LogP) is 4.53. The van der Waals surface area contributed by atoms with E-state index in [2.05, 4.69) is 0 Å². The Kier molecular flexibility index (Phi) is 4.59. The van der Waals surface area contributed by atoms with Crippen molar-refractivity contribution in [2.45, 2.75) is 27.2 Å². The minimum Gasteiger partial charge on any atom is -0.295 e. The molecule has 2 rings (SSSR count). The first-order chi connectivity index (χ1) is 9.91. The molecule has 0 aliphatic carbocycles. The summed E-state index contributed by atoms with van der Waals surface area (Å²) >= 11 is 6.18. The number of allylic oxidation sites excluding steroid dienone is 2. The molecule has 0 radical (unpaired) electrons. The van der Waals surface area contributed by atoms with Crippen LogP contribution in [0.1, 0.15) is 26.3 Å². The molecule has 0 aliphatic rings. The second-order valence-electron chi connectivity index (χ2n) is 5.16. The van der Waals surface area contributed by atoms with E-state index in [4.69, 9.17) is 11.6 Å². The predicted molar refractivity (Wildman–Crippen MR) is 86.7 cm³/mol. The van der Waals surface area contributed by atoms with Crippen LogP contribution in [0.15, 0.2) is 47.5 Å². The third-order valence-electron chi connectivity index (χ3n) is 3.82. The van der Waals surface area contributed by atoms with E-state index in [1.807, 2.05) is 36.4 Å². The number of hydrogen-bond donors (Lipinski definition) is 0. The summed E-state index contributed by atoms with van der Waals surface area (Å²) in [6.07, 6.45) is 0.272. The van der Waals surface area contributed by atoms with Crippen molar-refractivity contribution in [1.82, 2.24) is 0 Å². The van der Waals surface area contributed by atoms with Gasteiger partial charge in [0.2, 0.25) is 0 Å². The third kappa shape index (κ3) is 3.22. The summed E-state index contributed by atoms with van der Waals surface area (Å²) in [5.41, 5.74) is 1.98. The molecule has 0 saturated carbocycles. The van der Waals surface area contributed by atoms with Crippen LogP contribution < -0.4 is 0 Å². The van der Waals surface area contributed by atoms with Crippen molar-refractivity contribution in [3.63, 3.8) is 0 Å². The minimum absolute atomic E-state index is 0.0322. The molecule has 0 fully saturated rings. The second kappa shape index (κ2) is 6.23. The molecule has 0 amide bonds. The van der Waals surface area contributed by atoms with E-state index in [9.17, 15) is 9.59 Å². The van der Waals surface area contributed by atoms with Gasteiger partial charge in [-0.3, -0.25) is 9.59 Å². The summed E-state index contributed by atoms with van der Waals surface area (Å²) in [4.78, 5) is 23.7. The fourth-order valence-electron chi connectivity index (χ4n) is 2.26. The molecule has 0 spiro atoms. The fraction of sp³-hybridized carbons (Fsp3) is 0.222. The highest BCUT2D eigenvalue weighted by Gasteiger charge is 2.13. The maximum Gasteiger partial charge on any atom is 0.163 e. The molecule has 0 heterocycles. The van der Waals surface area contributed by atoms with Gasteiger partial charge in [0, 0.05) is 16.8 Å². The van der Waals surface area contributed by atoms with Crippen LogP contribution in [0, 0.1) is 0 Å². The largest absolute Gasteiger partial charge is 0.295 e. The maximum absolute atomic E-state index is 12.3. The average Bonchev–Trinajstić information content (AvgIpc) is 2.48. The summed E-state index contributed by atoms with van der Waals surface area (Å²) < 4.78 is 0. The van der Waals surface area contributed by atoms with Gasteiger partial charge in [-0.2, -0.15) is 0 Å². The lowest BCUT2D eigenvalue weighted by Gasteiger charge is -2.09. The summed E-state index contributed by atoms with van der Waals surface area (Å²) in [6.45, 7) is 4.87. The fourth-order valence-corrected chi connectivity index (χ4v) is 2.49. The zero-order chi connectivity index (χ0) is 15.6. The Hall–Kier alpha value is -1.93. The summed E-state index contributed by atoms with van der Waals surface area (Å²) in [6, 6.07) is 11.4. The molecule has 0 bridgehead atoms. The number of benzene rings is 2. The Labute approximate surface area is 129 Å². The zero-order valence-electron chi connectivity index (χ0n) is 12.4. The molecule has 0 N–H and O–H groups in total. The monoisotopic (exact) mass is 300 g/mol. The maximum atomic E-state index is 12.3. The Morgan fingerprint density at radius 1 is 0.905 bits per heavy atom. The van der Waals surface area contributed by atoms with Crippen LogP contribution >= 0.6 is 11.6 Å². The van der Waals surface area contributed by atoms with Gasteiger partial charge in [0.25, 0.3) is 0 Å². The molecule has 0 aliphatic heterocycles. The van der Waals surface area contributed by atoms with Crippen molar-refractivity contribution >= 4 is 33.9 Å². The van der Waals surface area contributed by atoms with E-state index < -0.39 is 0 Å². The van der Waals surface area contributed by atoms with Crippen molar-refractivity contribution in [2.75, 3.05) is 0 Å². The Balaban J connectivity index is 2.42. The van der Waals surface area contributed by atoms with Gasteiger partial charge in [0.1, 0.15) is 0 Å². The van der Waals surface area contributed by atoms with Gasteiger partial charge < -0.3 is 0 Å². The number of hydrogen-bond acceptors (Lipinski definition) is 2. The quantitative estimate of drug-likeness (QED) is 0.777. The lowest BCUT2D eigenvalue weighted by atomic mass is 9.95. The third-order valence-corrected chi connectivity index (χ3v) is 4.15. The lowest BCUT2D eigenvalue weighted by molar-refractivity contribution is -0.116. The number of ketones is 2. The van der Waals surface area contributed by atoms with E-state index in [0.29, 0.717) is 16.2 Å². The molecule has 2 nitrogen and oxygen atoms in total. The van der Waals surface area contributed by atoms with E-state index in [1.54, 1.807) is 13.8 Å². The van der Waals surface area contributed by atoms with Crippen LogP contribution in [0.3, 0.4) is 0 Å². The molecular weight excluding hydrogens is 284 g/mol. The highest BCUT2D eigenvalue weighted by atomic mass is 35.5. The number of fused-ring (bicyclic) bond motifs is 1. The Bertz CT molecular complexity index is 757. The summed E-state index contributed by atoms with van der Waals surface area (Å²) in [7, 11) is 0. The van der Waals surface area contributed by atoms with Gasteiger partial charge in [-0.15, -0.1) is 0 Å². The molecule has 2 aromatic carbocycles. The van der Waals surface area contributed by atoms with Crippen molar-refractivity contribution in [3.05, 3.63) is 58.1 Å². The average molecular weight is 301 g/mol. The molecule has 0 atom stereocenters. The van der Waals surface area contributed by atoms with Crippen molar-refractivity contribution in [3.8, 4) is 0 Å². The minimum atomic E-state index is -0.0678. The SMILES string of the molecule is CC(=O)/C(C)=C(/C)C(=O)Cc1ccc(Cl)c2ccccc12. The van der Waals surface area contributed by atoms with Gasteiger partial charge in [-0.25, -0.2) is 0 Å². The number of carbonyl (C=O) groups is 2. The van der Waals surface area contributed by atoms with Crippen LogP contribution in [-0.4, -0.2) is 11.6 Å². The van der Waals surface area contributed by atoms with E-state index in [0.717, 1.165) is 16.3 Å². The van der Waals surface area contributed by atoms with E-state index >= 15 is 0 Å². The highest BCUT2D eigenvalue weighted by molar-refractivity contribution is 6.35. The molecule has 2 aromatic rings. The first kappa shape index (κ1) is 15.5. The number of rotatable bonds is 4. The van der Waals surface area contributed by atoms with Crippen molar-refractivity contribution in [2.24, 2.45) is 0 Å². The standard InChI is InChI=1S/C18H17ClO2/c1-11(13(3)20)12(2)18(21)10-14-8-9-17(19)16-7-5-4-6-15(14)16/h4-9H,10H2,1-3H3/b12-11-. The van der Waals surface area contributed by atoms with Gasteiger partial charge in [-0.1, -0.05) is 41.9 Å². The zero-order valence-corrected chi connectivity index (χ0v) is 13.1.